The minimum Gasteiger partial charge on any atom is -0.298 e. The standard InChI is InChI=1S/C8H7O/c1-7-2-4-8(6-9)5-3-7/h2,4-6H,1H3. The Hall–Kier alpha value is -1.11. The maximum absolute atomic E-state index is 10.1. The largest absolute Gasteiger partial charge is 0.298 e. The average molecular weight is 119 g/mol. The summed E-state index contributed by atoms with van der Waals surface area (Å²) in [4.78, 5) is 10.1. The molecule has 0 bridgehead atoms. The van der Waals surface area contributed by atoms with Gasteiger partial charge < -0.3 is 0 Å². The van der Waals surface area contributed by atoms with Gasteiger partial charge in [0.25, 0.3) is 0 Å². The predicted octanol–water partition coefficient (Wildman–Crippen LogP) is 1.61. The molecule has 0 aliphatic heterocycles. The number of hydrogen-bond donors (Lipinski definition) is 0. The van der Waals surface area contributed by atoms with Crippen molar-refractivity contribution in [1.29, 1.82) is 0 Å². The first-order valence-corrected chi connectivity index (χ1v) is 2.76. The van der Waals surface area contributed by atoms with E-state index in [0.717, 1.165) is 11.8 Å². The quantitative estimate of drug-likeness (QED) is 0.513. The molecule has 0 aliphatic carbocycles. The lowest BCUT2D eigenvalue weighted by Crippen LogP contribution is -1.77. The normalized spacial score (nSPS) is 9.00. The third-order valence-corrected chi connectivity index (χ3v) is 1.13. The molecular formula is C8H7O. The lowest BCUT2D eigenvalue weighted by atomic mass is 10.2. The SMILES string of the molecule is Cc1[c]cc(C=O)cc1. The number of rotatable bonds is 1. The zero-order valence-electron chi connectivity index (χ0n) is 5.22. The topological polar surface area (TPSA) is 17.1 Å². The molecule has 1 aromatic carbocycles. The van der Waals surface area contributed by atoms with E-state index in [1.54, 1.807) is 12.1 Å². The number of hydrogen-bond acceptors (Lipinski definition) is 1. The van der Waals surface area contributed by atoms with Gasteiger partial charge in [0.15, 0.2) is 0 Å². The van der Waals surface area contributed by atoms with E-state index in [1.807, 2.05) is 13.0 Å². The highest BCUT2D eigenvalue weighted by Gasteiger charge is 1.85. The Morgan fingerprint density at radius 3 is 2.78 bits per heavy atom. The van der Waals surface area contributed by atoms with Crippen LogP contribution in [0.5, 0.6) is 0 Å². The van der Waals surface area contributed by atoms with Crippen LogP contribution in [0.3, 0.4) is 0 Å². The second-order valence-electron chi connectivity index (χ2n) is 1.92. The van der Waals surface area contributed by atoms with Crippen LogP contribution in [-0.4, -0.2) is 6.29 Å². The Balaban J connectivity index is 3.01. The Bertz CT molecular complexity index is 198. The maximum Gasteiger partial charge on any atom is 0.150 e. The molecule has 0 unspecified atom stereocenters. The van der Waals surface area contributed by atoms with E-state index in [9.17, 15) is 4.79 Å². The summed E-state index contributed by atoms with van der Waals surface area (Å²) >= 11 is 0. The highest BCUT2D eigenvalue weighted by molar-refractivity contribution is 5.74. The summed E-state index contributed by atoms with van der Waals surface area (Å²) < 4.78 is 0. The lowest BCUT2D eigenvalue weighted by Gasteiger charge is -1.88. The van der Waals surface area contributed by atoms with Crippen LogP contribution in [0.25, 0.3) is 0 Å². The van der Waals surface area contributed by atoms with Crippen molar-refractivity contribution in [2.24, 2.45) is 0 Å². The van der Waals surface area contributed by atoms with E-state index in [2.05, 4.69) is 6.07 Å². The molecule has 0 amide bonds. The minimum absolute atomic E-state index is 0.681. The summed E-state index contributed by atoms with van der Waals surface area (Å²) in [5.74, 6) is 0. The summed E-state index contributed by atoms with van der Waals surface area (Å²) in [5, 5.41) is 0. The van der Waals surface area contributed by atoms with Gasteiger partial charge in [-0.3, -0.25) is 4.79 Å². The second-order valence-corrected chi connectivity index (χ2v) is 1.92. The zero-order valence-corrected chi connectivity index (χ0v) is 5.22. The molecule has 0 heterocycles. The first kappa shape index (κ1) is 6.02. The summed E-state index contributed by atoms with van der Waals surface area (Å²) in [7, 11) is 0. The highest BCUT2D eigenvalue weighted by atomic mass is 16.1. The van der Waals surface area contributed by atoms with Crippen LogP contribution >= 0.6 is 0 Å². The number of benzene rings is 1. The van der Waals surface area contributed by atoms with Crippen molar-refractivity contribution in [3.8, 4) is 0 Å². The van der Waals surface area contributed by atoms with Gasteiger partial charge in [-0.2, -0.15) is 0 Å². The third-order valence-electron chi connectivity index (χ3n) is 1.13. The monoisotopic (exact) mass is 119 g/mol. The number of aldehydes is 1. The lowest BCUT2D eigenvalue weighted by molar-refractivity contribution is 0.112. The van der Waals surface area contributed by atoms with Crippen LogP contribution in [0.15, 0.2) is 18.2 Å². The smallest absolute Gasteiger partial charge is 0.150 e. The fourth-order valence-corrected chi connectivity index (χ4v) is 0.588. The van der Waals surface area contributed by atoms with Crippen molar-refractivity contribution in [3.63, 3.8) is 0 Å². The second kappa shape index (κ2) is 2.44. The predicted molar refractivity (Wildman–Crippen MR) is 35.4 cm³/mol. The fraction of sp³-hybridized carbons (Fsp3) is 0.125. The fourth-order valence-electron chi connectivity index (χ4n) is 0.588. The molecule has 0 saturated carbocycles. The van der Waals surface area contributed by atoms with Crippen molar-refractivity contribution in [3.05, 3.63) is 35.4 Å². The Labute approximate surface area is 54.3 Å². The first-order chi connectivity index (χ1) is 4.33. The van der Waals surface area contributed by atoms with Gasteiger partial charge in [-0.15, -0.1) is 0 Å². The maximum atomic E-state index is 10.1. The van der Waals surface area contributed by atoms with Crippen LogP contribution in [0.2, 0.25) is 0 Å². The summed E-state index contributed by atoms with van der Waals surface area (Å²) in [6.45, 7) is 1.94. The number of carbonyl (C=O) groups excluding carboxylic acids is 1. The molecule has 0 aliphatic rings. The Morgan fingerprint density at radius 1 is 1.56 bits per heavy atom. The third kappa shape index (κ3) is 1.39. The van der Waals surface area contributed by atoms with E-state index in [1.165, 1.54) is 0 Å². The van der Waals surface area contributed by atoms with Crippen molar-refractivity contribution < 1.29 is 4.79 Å². The van der Waals surface area contributed by atoms with Crippen molar-refractivity contribution in [1.82, 2.24) is 0 Å². The van der Waals surface area contributed by atoms with Crippen molar-refractivity contribution in [2.45, 2.75) is 6.92 Å². The van der Waals surface area contributed by atoms with Gasteiger partial charge in [0.05, 0.1) is 0 Å². The molecular weight excluding hydrogens is 112 g/mol. The Morgan fingerprint density at radius 2 is 2.33 bits per heavy atom. The van der Waals surface area contributed by atoms with E-state index >= 15 is 0 Å². The molecule has 0 fully saturated rings. The molecule has 0 aromatic heterocycles. The highest BCUT2D eigenvalue weighted by Crippen LogP contribution is 1.97. The van der Waals surface area contributed by atoms with Crippen molar-refractivity contribution >= 4 is 6.29 Å². The van der Waals surface area contributed by atoms with Gasteiger partial charge in [-0.1, -0.05) is 12.1 Å². The van der Waals surface area contributed by atoms with Gasteiger partial charge in [0.2, 0.25) is 0 Å². The summed E-state index contributed by atoms with van der Waals surface area (Å²) in [6, 6.07) is 8.24. The van der Waals surface area contributed by atoms with Gasteiger partial charge in [-0.25, -0.2) is 0 Å². The molecule has 1 heteroatoms. The van der Waals surface area contributed by atoms with E-state index in [0.29, 0.717) is 5.56 Å². The van der Waals surface area contributed by atoms with Gasteiger partial charge >= 0.3 is 0 Å². The van der Waals surface area contributed by atoms with Crippen LogP contribution in [0.4, 0.5) is 0 Å². The van der Waals surface area contributed by atoms with E-state index in [-0.39, 0.29) is 0 Å². The molecule has 0 saturated heterocycles. The molecule has 0 atom stereocenters. The summed E-state index contributed by atoms with van der Waals surface area (Å²) in [6.07, 6.45) is 0.815. The zero-order chi connectivity index (χ0) is 6.69. The van der Waals surface area contributed by atoms with Crippen LogP contribution in [0, 0.1) is 13.0 Å². The van der Waals surface area contributed by atoms with Crippen LogP contribution < -0.4 is 0 Å². The van der Waals surface area contributed by atoms with E-state index < -0.39 is 0 Å². The van der Waals surface area contributed by atoms with E-state index in [4.69, 9.17) is 0 Å². The number of carbonyl (C=O) groups is 1. The molecule has 45 valence electrons. The minimum atomic E-state index is 0.681. The van der Waals surface area contributed by atoms with Gasteiger partial charge in [-0.05, 0) is 24.6 Å². The average Bonchev–Trinajstić information content (AvgIpc) is 1.90. The van der Waals surface area contributed by atoms with Crippen molar-refractivity contribution in [2.75, 3.05) is 0 Å². The first-order valence-electron chi connectivity index (χ1n) is 2.76. The van der Waals surface area contributed by atoms with Crippen LogP contribution in [-0.2, 0) is 0 Å². The summed E-state index contributed by atoms with van der Waals surface area (Å²) in [5.41, 5.74) is 1.74. The molecule has 1 radical (unpaired) electrons. The Kier molecular flexibility index (Phi) is 1.63. The molecule has 0 N–H and O–H groups in total. The number of aryl methyl sites for hydroxylation is 1. The molecule has 0 spiro atoms. The molecule has 9 heavy (non-hydrogen) atoms. The van der Waals surface area contributed by atoms with Gasteiger partial charge in [0, 0.05) is 5.56 Å². The molecule has 1 aromatic rings. The molecule has 1 nitrogen and oxygen atoms in total. The van der Waals surface area contributed by atoms with Gasteiger partial charge in [0.1, 0.15) is 6.29 Å². The van der Waals surface area contributed by atoms with Crippen LogP contribution in [0.1, 0.15) is 15.9 Å². The molecule has 1 rings (SSSR count).